The monoisotopic (exact) mass is 431 g/mol. The van der Waals surface area contributed by atoms with E-state index in [2.05, 4.69) is 31.9 Å². The van der Waals surface area contributed by atoms with E-state index in [4.69, 9.17) is 17.0 Å². The number of rotatable bonds is 4. The Morgan fingerprint density at radius 1 is 1.19 bits per heavy atom. The molecule has 0 fully saturated rings. The number of hydrogen-bond acceptors (Lipinski definition) is 3. The third kappa shape index (κ3) is 3.89. The van der Waals surface area contributed by atoms with Gasteiger partial charge in [-0.3, -0.25) is 4.79 Å². The van der Waals surface area contributed by atoms with Crippen molar-refractivity contribution in [2.75, 3.05) is 12.4 Å². The third-order valence-electron chi connectivity index (χ3n) is 4.07. The molecule has 3 rings (SSSR count). The quantitative estimate of drug-likeness (QED) is 0.640. The SMILES string of the molecule is COc1ccccc1[C@H]1NC(=S)NC(C)=C1C(=O)Nc1ccc(Br)cc1. The first-order chi connectivity index (χ1) is 12.5. The van der Waals surface area contributed by atoms with Crippen molar-refractivity contribution in [2.24, 2.45) is 0 Å². The van der Waals surface area contributed by atoms with Crippen LogP contribution in [0.4, 0.5) is 5.69 Å². The van der Waals surface area contributed by atoms with Crippen molar-refractivity contribution in [3.05, 3.63) is 69.8 Å². The Balaban J connectivity index is 1.97. The maximum absolute atomic E-state index is 13.0. The van der Waals surface area contributed by atoms with E-state index in [-0.39, 0.29) is 5.91 Å². The van der Waals surface area contributed by atoms with Gasteiger partial charge in [0.1, 0.15) is 5.75 Å². The molecule has 0 saturated carbocycles. The van der Waals surface area contributed by atoms with E-state index in [9.17, 15) is 4.79 Å². The molecule has 0 bridgehead atoms. The number of benzene rings is 2. The van der Waals surface area contributed by atoms with Gasteiger partial charge in [0.2, 0.25) is 0 Å². The first-order valence-corrected chi connectivity index (χ1v) is 9.18. The summed E-state index contributed by atoms with van der Waals surface area (Å²) < 4.78 is 6.41. The first kappa shape index (κ1) is 18.4. The standard InChI is InChI=1S/C19H18BrN3O2S/c1-11-16(18(24)22-13-9-7-12(20)8-10-13)17(23-19(26)21-11)14-5-3-4-6-15(14)25-2/h3-10,17H,1-2H3,(H,22,24)(H2,21,23,26)/t17-/m1/s1. The van der Waals surface area contributed by atoms with E-state index in [1.165, 1.54) is 0 Å². The number of para-hydroxylation sites is 1. The lowest BCUT2D eigenvalue weighted by molar-refractivity contribution is -0.113. The summed E-state index contributed by atoms with van der Waals surface area (Å²) >= 11 is 8.68. The summed E-state index contributed by atoms with van der Waals surface area (Å²) in [7, 11) is 1.61. The van der Waals surface area contributed by atoms with Crippen LogP contribution in [0, 0.1) is 0 Å². The highest BCUT2D eigenvalue weighted by Crippen LogP contribution is 2.33. The minimum atomic E-state index is -0.407. The fraction of sp³-hybridized carbons (Fsp3) is 0.158. The second kappa shape index (κ2) is 7.88. The normalized spacial score (nSPS) is 16.6. The number of nitrogens with one attached hydrogen (secondary N) is 3. The number of carbonyl (C=O) groups is 1. The lowest BCUT2D eigenvalue weighted by atomic mass is 9.94. The maximum Gasteiger partial charge on any atom is 0.255 e. The summed E-state index contributed by atoms with van der Waals surface area (Å²) in [6.07, 6.45) is 0. The highest BCUT2D eigenvalue weighted by Gasteiger charge is 2.31. The number of anilines is 1. The molecule has 0 aromatic heterocycles. The first-order valence-electron chi connectivity index (χ1n) is 7.97. The highest BCUT2D eigenvalue weighted by molar-refractivity contribution is 9.10. The predicted molar refractivity (Wildman–Crippen MR) is 110 cm³/mol. The van der Waals surface area contributed by atoms with Crippen LogP contribution in [-0.4, -0.2) is 18.1 Å². The molecule has 1 aliphatic rings. The van der Waals surface area contributed by atoms with Crippen LogP contribution in [0.5, 0.6) is 5.75 Å². The molecule has 0 unspecified atom stereocenters. The van der Waals surface area contributed by atoms with Crippen LogP contribution < -0.4 is 20.7 Å². The van der Waals surface area contributed by atoms with Crippen LogP contribution in [0.15, 0.2) is 64.3 Å². The van der Waals surface area contributed by atoms with Gasteiger partial charge in [-0.15, -0.1) is 0 Å². The van der Waals surface area contributed by atoms with Crippen molar-refractivity contribution in [3.8, 4) is 5.75 Å². The Morgan fingerprint density at radius 3 is 2.58 bits per heavy atom. The van der Waals surface area contributed by atoms with Crippen LogP contribution in [-0.2, 0) is 4.79 Å². The lowest BCUT2D eigenvalue weighted by Gasteiger charge is -2.31. The van der Waals surface area contributed by atoms with E-state index in [1.807, 2.05) is 55.5 Å². The summed E-state index contributed by atoms with van der Waals surface area (Å²) in [6, 6.07) is 14.6. The second-order valence-electron chi connectivity index (χ2n) is 5.77. The number of carbonyl (C=O) groups excluding carboxylic acids is 1. The molecule has 2 aromatic rings. The average Bonchev–Trinajstić information content (AvgIpc) is 2.62. The van der Waals surface area contributed by atoms with Crippen LogP contribution in [0.1, 0.15) is 18.5 Å². The van der Waals surface area contributed by atoms with Crippen LogP contribution in [0.25, 0.3) is 0 Å². The Hall–Kier alpha value is -2.38. The zero-order valence-corrected chi connectivity index (χ0v) is 16.7. The van der Waals surface area contributed by atoms with Gasteiger partial charge in [0, 0.05) is 21.4 Å². The summed E-state index contributed by atoms with van der Waals surface area (Å²) in [5.41, 5.74) is 2.83. The van der Waals surface area contributed by atoms with E-state index < -0.39 is 6.04 Å². The van der Waals surface area contributed by atoms with Gasteiger partial charge in [-0.25, -0.2) is 0 Å². The zero-order valence-electron chi connectivity index (χ0n) is 14.3. The van der Waals surface area contributed by atoms with Crippen LogP contribution in [0.3, 0.4) is 0 Å². The van der Waals surface area contributed by atoms with Crippen LogP contribution >= 0.6 is 28.1 Å². The number of amides is 1. The van der Waals surface area contributed by atoms with Crippen molar-refractivity contribution in [3.63, 3.8) is 0 Å². The van der Waals surface area contributed by atoms with Gasteiger partial charge in [-0.2, -0.15) is 0 Å². The molecular formula is C19H18BrN3O2S. The largest absolute Gasteiger partial charge is 0.496 e. The topological polar surface area (TPSA) is 62.4 Å². The molecule has 0 radical (unpaired) electrons. The number of methoxy groups -OCH3 is 1. The smallest absolute Gasteiger partial charge is 0.255 e. The van der Waals surface area contributed by atoms with Gasteiger partial charge >= 0.3 is 0 Å². The van der Waals surface area contributed by atoms with Crippen LogP contribution in [0.2, 0.25) is 0 Å². The molecule has 0 saturated heterocycles. The van der Waals surface area contributed by atoms with E-state index >= 15 is 0 Å². The molecule has 0 spiro atoms. The molecule has 0 aliphatic carbocycles. The fourth-order valence-corrected chi connectivity index (χ4v) is 3.40. The summed E-state index contributed by atoms with van der Waals surface area (Å²) in [5.74, 6) is 0.486. The molecule has 5 nitrogen and oxygen atoms in total. The number of ether oxygens (including phenoxy) is 1. The highest BCUT2D eigenvalue weighted by atomic mass is 79.9. The molecule has 1 aliphatic heterocycles. The van der Waals surface area contributed by atoms with E-state index in [1.54, 1.807) is 7.11 Å². The molecule has 1 amide bonds. The summed E-state index contributed by atoms with van der Waals surface area (Å²) in [5, 5.41) is 9.62. The Labute approximate surface area is 165 Å². The van der Waals surface area contributed by atoms with Crippen molar-refractivity contribution in [2.45, 2.75) is 13.0 Å². The second-order valence-corrected chi connectivity index (χ2v) is 7.10. The van der Waals surface area contributed by atoms with E-state index in [0.717, 1.165) is 10.0 Å². The van der Waals surface area contributed by atoms with Gasteiger partial charge in [0.05, 0.1) is 18.7 Å². The lowest BCUT2D eigenvalue weighted by Crippen LogP contribution is -2.45. The van der Waals surface area contributed by atoms with Crippen molar-refractivity contribution in [1.82, 2.24) is 10.6 Å². The molecule has 7 heteroatoms. The molecular weight excluding hydrogens is 414 g/mol. The zero-order chi connectivity index (χ0) is 18.7. The Morgan fingerprint density at radius 2 is 1.88 bits per heavy atom. The van der Waals surface area contributed by atoms with Gasteiger partial charge < -0.3 is 20.7 Å². The maximum atomic E-state index is 13.0. The average molecular weight is 432 g/mol. The number of thiocarbonyl (C=S) groups is 1. The summed E-state index contributed by atoms with van der Waals surface area (Å²) in [6.45, 7) is 1.84. The molecule has 1 atom stereocenters. The Bertz CT molecular complexity index is 881. The molecule has 26 heavy (non-hydrogen) atoms. The van der Waals surface area contributed by atoms with Crippen molar-refractivity contribution >= 4 is 44.9 Å². The van der Waals surface area contributed by atoms with Gasteiger partial charge in [-0.05, 0) is 49.5 Å². The minimum Gasteiger partial charge on any atom is -0.496 e. The summed E-state index contributed by atoms with van der Waals surface area (Å²) in [4.78, 5) is 13.0. The molecule has 3 N–H and O–H groups in total. The predicted octanol–water partition coefficient (Wildman–Crippen LogP) is 3.89. The van der Waals surface area contributed by atoms with Gasteiger partial charge in [0.25, 0.3) is 5.91 Å². The number of allylic oxidation sites excluding steroid dienone is 1. The number of halogens is 1. The van der Waals surface area contributed by atoms with Gasteiger partial charge in [-0.1, -0.05) is 34.1 Å². The van der Waals surface area contributed by atoms with Crippen molar-refractivity contribution in [1.29, 1.82) is 0 Å². The molecule has 2 aromatic carbocycles. The third-order valence-corrected chi connectivity index (χ3v) is 4.81. The molecule has 1 heterocycles. The van der Waals surface area contributed by atoms with Crippen molar-refractivity contribution < 1.29 is 9.53 Å². The minimum absolute atomic E-state index is 0.205. The van der Waals surface area contributed by atoms with E-state index in [0.29, 0.717) is 27.8 Å². The number of hydrogen-bond donors (Lipinski definition) is 3. The molecule has 134 valence electrons. The Kier molecular flexibility index (Phi) is 5.58. The van der Waals surface area contributed by atoms with Gasteiger partial charge in [0.15, 0.2) is 5.11 Å². The fourth-order valence-electron chi connectivity index (χ4n) is 2.86.